The molecule has 2 aromatic heterocycles. The molecule has 0 spiro atoms. The van der Waals surface area contributed by atoms with Gasteiger partial charge in [0.2, 0.25) is 0 Å². The fourth-order valence-electron chi connectivity index (χ4n) is 2.09. The van der Waals surface area contributed by atoms with E-state index >= 15 is 0 Å². The molecule has 0 fully saturated rings. The van der Waals surface area contributed by atoms with Crippen molar-refractivity contribution >= 4 is 22.7 Å². The van der Waals surface area contributed by atoms with Gasteiger partial charge in [-0.15, -0.1) is 0 Å². The first-order valence-electron chi connectivity index (χ1n) is 6.21. The van der Waals surface area contributed by atoms with Gasteiger partial charge in [0, 0.05) is 17.3 Å². The molecular formula is C14H15N5O. The molecular weight excluding hydrogens is 254 g/mol. The second-order valence-corrected chi connectivity index (χ2v) is 4.74. The fourth-order valence-corrected chi connectivity index (χ4v) is 2.09. The lowest BCUT2D eigenvalue weighted by Gasteiger charge is -2.09. The Bertz CT molecular complexity index is 794. The smallest absolute Gasteiger partial charge is 0.158 e. The number of nitrogen functional groups attached to an aromatic ring is 1. The predicted molar refractivity (Wildman–Crippen MR) is 78.3 cm³/mol. The van der Waals surface area contributed by atoms with Crippen molar-refractivity contribution in [2.75, 3.05) is 11.1 Å². The molecule has 0 bridgehead atoms. The van der Waals surface area contributed by atoms with Crippen LogP contribution >= 0.6 is 0 Å². The summed E-state index contributed by atoms with van der Waals surface area (Å²) in [6.45, 7) is 3.77. The first-order valence-corrected chi connectivity index (χ1v) is 6.21. The first-order chi connectivity index (χ1) is 9.56. The summed E-state index contributed by atoms with van der Waals surface area (Å²) >= 11 is 0. The number of aryl methyl sites for hydroxylation is 2. The van der Waals surface area contributed by atoms with Crippen LogP contribution in [0.25, 0.3) is 5.52 Å². The van der Waals surface area contributed by atoms with Crippen molar-refractivity contribution in [3.05, 3.63) is 41.9 Å². The number of phenols is 1. The highest BCUT2D eigenvalue weighted by molar-refractivity contribution is 5.81. The van der Waals surface area contributed by atoms with Gasteiger partial charge < -0.3 is 16.2 Å². The second-order valence-electron chi connectivity index (χ2n) is 4.74. The van der Waals surface area contributed by atoms with Gasteiger partial charge in [0.15, 0.2) is 5.82 Å². The van der Waals surface area contributed by atoms with E-state index < -0.39 is 0 Å². The lowest BCUT2D eigenvalue weighted by atomic mass is 10.2. The van der Waals surface area contributed by atoms with E-state index in [0.717, 1.165) is 22.3 Å². The van der Waals surface area contributed by atoms with E-state index in [2.05, 4.69) is 15.4 Å². The number of nitrogens with zero attached hydrogens (tertiary/aromatic N) is 3. The van der Waals surface area contributed by atoms with Gasteiger partial charge in [-0.25, -0.2) is 9.50 Å². The van der Waals surface area contributed by atoms with E-state index in [9.17, 15) is 5.11 Å². The third kappa shape index (κ3) is 1.91. The minimum absolute atomic E-state index is 0.242. The van der Waals surface area contributed by atoms with Crippen molar-refractivity contribution in [2.45, 2.75) is 13.8 Å². The van der Waals surface area contributed by atoms with Crippen molar-refractivity contribution in [1.82, 2.24) is 14.6 Å². The van der Waals surface area contributed by atoms with Gasteiger partial charge in [-0.1, -0.05) is 6.07 Å². The van der Waals surface area contributed by atoms with Gasteiger partial charge in [-0.05, 0) is 25.5 Å². The molecule has 0 atom stereocenters. The summed E-state index contributed by atoms with van der Waals surface area (Å²) < 4.78 is 1.69. The molecule has 1 aromatic carbocycles. The number of benzene rings is 1. The highest BCUT2D eigenvalue weighted by atomic mass is 16.3. The summed E-state index contributed by atoms with van der Waals surface area (Å²) in [5, 5.41) is 17.1. The number of fused-ring (bicyclic) bond motifs is 1. The quantitative estimate of drug-likeness (QED) is 0.664. The van der Waals surface area contributed by atoms with E-state index in [1.807, 2.05) is 26.0 Å². The van der Waals surface area contributed by atoms with Crippen LogP contribution in [0, 0.1) is 13.8 Å². The molecule has 0 amide bonds. The molecule has 20 heavy (non-hydrogen) atoms. The van der Waals surface area contributed by atoms with E-state index in [1.165, 1.54) is 6.33 Å². The number of rotatable bonds is 2. The zero-order valence-electron chi connectivity index (χ0n) is 11.3. The molecule has 0 saturated heterocycles. The predicted octanol–water partition coefficient (Wildman–Crippen LogP) is 2.38. The number of nitrogens with two attached hydrogens (primary N) is 1. The molecule has 0 saturated carbocycles. The molecule has 4 N–H and O–H groups in total. The Hall–Kier alpha value is -2.76. The number of nitrogens with one attached hydrogen (secondary N) is 1. The SMILES string of the molecule is Cc1ccc(Nc2ncnn3cc(N)c(C)c23)cc1O. The number of hydrogen-bond acceptors (Lipinski definition) is 5. The molecule has 6 nitrogen and oxygen atoms in total. The van der Waals surface area contributed by atoms with Crippen molar-refractivity contribution in [3.8, 4) is 5.75 Å². The normalized spacial score (nSPS) is 10.9. The summed E-state index contributed by atoms with van der Waals surface area (Å²) in [5.74, 6) is 0.893. The molecule has 6 heteroatoms. The fraction of sp³-hybridized carbons (Fsp3) is 0.143. The number of hydrogen-bond donors (Lipinski definition) is 3. The number of phenolic OH excluding ortho intramolecular Hbond substituents is 1. The maximum atomic E-state index is 9.75. The summed E-state index contributed by atoms with van der Waals surface area (Å²) in [4.78, 5) is 4.25. The highest BCUT2D eigenvalue weighted by Crippen LogP contribution is 2.28. The average Bonchev–Trinajstić information content (AvgIpc) is 2.71. The van der Waals surface area contributed by atoms with E-state index in [-0.39, 0.29) is 5.75 Å². The summed E-state index contributed by atoms with van der Waals surface area (Å²) in [6, 6.07) is 5.39. The largest absolute Gasteiger partial charge is 0.508 e. The van der Waals surface area contributed by atoms with Gasteiger partial charge in [-0.3, -0.25) is 0 Å². The lowest BCUT2D eigenvalue weighted by molar-refractivity contribution is 0.471. The van der Waals surface area contributed by atoms with Crippen LogP contribution in [0.15, 0.2) is 30.7 Å². The molecule has 3 aromatic rings. The topological polar surface area (TPSA) is 88.5 Å². The van der Waals surface area contributed by atoms with Crippen LogP contribution in [0.2, 0.25) is 0 Å². The van der Waals surface area contributed by atoms with Crippen molar-refractivity contribution in [2.24, 2.45) is 0 Å². The standard InChI is InChI=1S/C14H15N5O/c1-8-3-4-10(5-12(8)20)18-14-13-9(2)11(15)6-19(13)17-7-16-14/h3-7,20H,15H2,1-2H3,(H,16,17,18). The van der Waals surface area contributed by atoms with Crippen LogP contribution in [-0.4, -0.2) is 19.7 Å². The zero-order chi connectivity index (χ0) is 14.3. The average molecular weight is 269 g/mol. The van der Waals surface area contributed by atoms with Gasteiger partial charge in [-0.2, -0.15) is 5.10 Å². The number of anilines is 3. The Labute approximate surface area is 115 Å². The maximum Gasteiger partial charge on any atom is 0.158 e. The van der Waals surface area contributed by atoms with E-state index in [0.29, 0.717) is 11.5 Å². The van der Waals surface area contributed by atoms with Crippen LogP contribution in [0.5, 0.6) is 5.75 Å². The van der Waals surface area contributed by atoms with Gasteiger partial charge in [0.05, 0.1) is 11.9 Å². The monoisotopic (exact) mass is 269 g/mol. The molecule has 2 heterocycles. The van der Waals surface area contributed by atoms with E-state index in [1.54, 1.807) is 16.8 Å². The van der Waals surface area contributed by atoms with Crippen LogP contribution in [0.3, 0.4) is 0 Å². The zero-order valence-corrected chi connectivity index (χ0v) is 11.3. The summed E-state index contributed by atoms with van der Waals surface area (Å²) in [7, 11) is 0. The number of aromatic hydroxyl groups is 1. The lowest BCUT2D eigenvalue weighted by Crippen LogP contribution is -2.00. The third-order valence-electron chi connectivity index (χ3n) is 3.34. The van der Waals surface area contributed by atoms with Crippen molar-refractivity contribution in [1.29, 1.82) is 0 Å². The molecule has 0 aliphatic rings. The van der Waals surface area contributed by atoms with Crippen LogP contribution < -0.4 is 11.1 Å². The second kappa shape index (κ2) is 4.41. The summed E-state index contributed by atoms with van der Waals surface area (Å²) in [5.41, 5.74) is 9.90. The highest BCUT2D eigenvalue weighted by Gasteiger charge is 2.11. The summed E-state index contributed by atoms with van der Waals surface area (Å²) in [6.07, 6.45) is 3.21. The van der Waals surface area contributed by atoms with Gasteiger partial charge in [0.1, 0.15) is 17.6 Å². The Morgan fingerprint density at radius 2 is 2.10 bits per heavy atom. The number of aromatic nitrogens is 3. The van der Waals surface area contributed by atoms with Crippen molar-refractivity contribution in [3.63, 3.8) is 0 Å². The van der Waals surface area contributed by atoms with Crippen LogP contribution in [0.1, 0.15) is 11.1 Å². The van der Waals surface area contributed by atoms with Gasteiger partial charge >= 0.3 is 0 Å². The minimum atomic E-state index is 0.242. The van der Waals surface area contributed by atoms with Gasteiger partial charge in [0.25, 0.3) is 0 Å². The van der Waals surface area contributed by atoms with Crippen LogP contribution in [-0.2, 0) is 0 Å². The van der Waals surface area contributed by atoms with E-state index in [4.69, 9.17) is 5.73 Å². The molecule has 102 valence electrons. The molecule has 0 unspecified atom stereocenters. The Morgan fingerprint density at radius 1 is 1.30 bits per heavy atom. The van der Waals surface area contributed by atoms with Crippen LogP contribution in [0.4, 0.5) is 17.2 Å². The third-order valence-corrected chi connectivity index (χ3v) is 3.34. The Kier molecular flexibility index (Phi) is 2.71. The molecule has 0 aliphatic carbocycles. The molecule has 3 rings (SSSR count). The Morgan fingerprint density at radius 3 is 2.85 bits per heavy atom. The Balaban J connectivity index is 2.08. The minimum Gasteiger partial charge on any atom is -0.508 e. The molecule has 0 aliphatic heterocycles. The van der Waals surface area contributed by atoms with Crippen molar-refractivity contribution < 1.29 is 5.11 Å². The first kappa shape index (κ1) is 12.3. The maximum absolute atomic E-state index is 9.75. The molecule has 0 radical (unpaired) electrons.